The molecule has 0 aliphatic carbocycles. The molecule has 2 rings (SSSR count). The number of benzene rings is 1. The molecule has 0 unspecified atom stereocenters. The third kappa shape index (κ3) is 6.31. The SMILES string of the molecule is CC(=O)CCC(=O)N[C@H]1Cc2cccc(C(=O)OCOC(=O)C(C)(C)C)c2OB1O. The summed E-state index contributed by atoms with van der Waals surface area (Å²) in [6, 6.07) is 4.78. The van der Waals surface area contributed by atoms with Crippen molar-refractivity contribution >= 4 is 30.7 Å². The van der Waals surface area contributed by atoms with Gasteiger partial charge in [-0.15, -0.1) is 0 Å². The molecule has 10 heteroatoms. The standard InChI is InChI=1S/C20H26BNO8/c1-12(23)8-9-16(24)22-15-10-13-6-5-7-14(17(13)30-21(15)27)18(25)28-11-29-19(26)20(2,3)4/h5-7,15,27H,8-11H2,1-4H3,(H,22,24)/t15-/m0/s1. The van der Waals surface area contributed by atoms with Crippen LogP contribution in [0.25, 0.3) is 0 Å². The van der Waals surface area contributed by atoms with Crippen LogP contribution >= 0.6 is 0 Å². The molecule has 1 aromatic carbocycles. The molecular weight excluding hydrogens is 393 g/mol. The molecule has 30 heavy (non-hydrogen) atoms. The molecule has 0 aromatic heterocycles. The van der Waals surface area contributed by atoms with Gasteiger partial charge in [-0.2, -0.15) is 0 Å². The number of hydrogen-bond donors (Lipinski definition) is 2. The van der Waals surface area contributed by atoms with E-state index in [0.717, 1.165) is 0 Å². The van der Waals surface area contributed by atoms with E-state index in [-0.39, 0.29) is 42.3 Å². The second kappa shape index (κ2) is 9.75. The van der Waals surface area contributed by atoms with E-state index in [2.05, 4.69) is 5.32 Å². The van der Waals surface area contributed by atoms with E-state index in [1.54, 1.807) is 32.9 Å². The molecule has 162 valence electrons. The molecule has 1 aliphatic heterocycles. The van der Waals surface area contributed by atoms with Crippen LogP contribution in [0.3, 0.4) is 0 Å². The highest BCUT2D eigenvalue weighted by Crippen LogP contribution is 2.30. The van der Waals surface area contributed by atoms with Gasteiger partial charge in [-0.05, 0) is 45.7 Å². The predicted octanol–water partition coefficient (Wildman–Crippen LogP) is 1.20. The Balaban J connectivity index is 2.01. The second-order valence-corrected chi connectivity index (χ2v) is 8.11. The van der Waals surface area contributed by atoms with Crippen LogP contribution < -0.4 is 9.97 Å². The Morgan fingerprint density at radius 3 is 2.53 bits per heavy atom. The first-order chi connectivity index (χ1) is 14.0. The van der Waals surface area contributed by atoms with Gasteiger partial charge in [0.05, 0.1) is 11.4 Å². The minimum absolute atomic E-state index is 0.0189. The summed E-state index contributed by atoms with van der Waals surface area (Å²) in [5.74, 6) is -2.35. The van der Waals surface area contributed by atoms with Crippen molar-refractivity contribution in [2.45, 2.75) is 52.9 Å². The van der Waals surface area contributed by atoms with E-state index in [0.29, 0.717) is 5.56 Å². The van der Waals surface area contributed by atoms with Crippen molar-refractivity contribution in [3.8, 4) is 5.75 Å². The van der Waals surface area contributed by atoms with Gasteiger partial charge in [-0.25, -0.2) is 4.79 Å². The number of carbonyl (C=O) groups excluding carboxylic acids is 4. The molecule has 1 heterocycles. The fraction of sp³-hybridized carbons (Fsp3) is 0.500. The first kappa shape index (κ1) is 23.4. The van der Waals surface area contributed by atoms with Crippen molar-refractivity contribution in [2.24, 2.45) is 5.41 Å². The first-order valence-corrected chi connectivity index (χ1v) is 9.59. The Kier molecular flexibility index (Phi) is 7.61. The Morgan fingerprint density at radius 1 is 1.20 bits per heavy atom. The van der Waals surface area contributed by atoms with Gasteiger partial charge in [0.15, 0.2) is 0 Å². The summed E-state index contributed by atoms with van der Waals surface area (Å²) in [7, 11) is -1.38. The number of rotatable bonds is 7. The van der Waals surface area contributed by atoms with E-state index in [1.807, 2.05) is 0 Å². The van der Waals surface area contributed by atoms with Gasteiger partial charge in [0, 0.05) is 12.8 Å². The van der Waals surface area contributed by atoms with E-state index in [1.165, 1.54) is 13.0 Å². The Bertz CT molecular complexity index is 833. The normalized spacial score (nSPS) is 15.5. The number of Topliss-reactive ketones (excluding diaryl/α,β-unsaturated/α-hetero) is 1. The van der Waals surface area contributed by atoms with Gasteiger partial charge in [0.1, 0.15) is 17.1 Å². The van der Waals surface area contributed by atoms with Crippen LogP contribution in [-0.2, 0) is 30.3 Å². The number of hydrogen-bond acceptors (Lipinski definition) is 8. The topological polar surface area (TPSA) is 128 Å². The van der Waals surface area contributed by atoms with Crippen LogP contribution in [0.4, 0.5) is 0 Å². The fourth-order valence-corrected chi connectivity index (χ4v) is 2.71. The lowest BCUT2D eigenvalue weighted by atomic mass is 9.72. The maximum atomic E-state index is 12.4. The van der Waals surface area contributed by atoms with Crippen LogP contribution in [0.2, 0.25) is 0 Å². The van der Waals surface area contributed by atoms with Crippen LogP contribution in [0, 0.1) is 5.41 Å². The van der Waals surface area contributed by atoms with E-state index >= 15 is 0 Å². The first-order valence-electron chi connectivity index (χ1n) is 9.59. The Hall–Kier alpha value is -2.88. The number of amides is 1. The summed E-state index contributed by atoms with van der Waals surface area (Å²) in [4.78, 5) is 47.1. The molecule has 0 bridgehead atoms. The van der Waals surface area contributed by atoms with Gasteiger partial charge in [-0.1, -0.05) is 12.1 Å². The van der Waals surface area contributed by atoms with Crippen molar-refractivity contribution in [3.63, 3.8) is 0 Å². The highest BCUT2D eigenvalue weighted by Gasteiger charge is 2.38. The quantitative estimate of drug-likeness (QED) is 0.383. The van der Waals surface area contributed by atoms with Gasteiger partial charge in [0.2, 0.25) is 12.7 Å². The number of para-hydroxylation sites is 1. The zero-order valence-electron chi connectivity index (χ0n) is 17.5. The van der Waals surface area contributed by atoms with Crippen molar-refractivity contribution in [1.82, 2.24) is 5.32 Å². The third-order valence-electron chi connectivity index (χ3n) is 4.38. The smallest absolute Gasteiger partial charge is 0.534 e. The summed E-state index contributed by atoms with van der Waals surface area (Å²) in [6.07, 6.45) is 0.357. The van der Waals surface area contributed by atoms with Crippen molar-refractivity contribution in [2.75, 3.05) is 6.79 Å². The molecule has 1 atom stereocenters. The van der Waals surface area contributed by atoms with Crippen LogP contribution in [0.1, 0.15) is 56.5 Å². The van der Waals surface area contributed by atoms with Gasteiger partial charge in [-0.3, -0.25) is 9.59 Å². The van der Waals surface area contributed by atoms with E-state index in [4.69, 9.17) is 14.1 Å². The van der Waals surface area contributed by atoms with Crippen LogP contribution in [0.15, 0.2) is 18.2 Å². The maximum Gasteiger partial charge on any atom is 0.547 e. The Morgan fingerprint density at radius 2 is 1.90 bits per heavy atom. The summed E-state index contributed by atoms with van der Waals surface area (Å²) >= 11 is 0. The molecule has 0 saturated carbocycles. The fourth-order valence-electron chi connectivity index (χ4n) is 2.71. The van der Waals surface area contributed by atoms with Crippen LogP contribution in [-0.4, -0.2) is 48.5 Å². The number of ether oxygens (including phenoxy) is 2. The molecule has 1 aliphatic rings. The summed E-state index contributed by atoms with van der Waals surface area (Å²) in [5.41, 5.74) is -0.0620. The van der Waals surface area contributed by atoms with Gasteiger partial charge >= 0.3 is 19.1 Å². The minimum Gasteiger partial charge on any atom is -0.534 e. The van der Waals surface area contributed by atoms with Crippen molar-refractivity contribution in [1.29, 1.82) is 0 Å². The summed E-state index contributed by atoms with van der Waals surface area (Å²) in [5, 5.41) is 12.9. The molecule has 9 nitrogen and oxygen atoms in total. The van der Waals surface area contributed by atoms with Crippen LogP contribution in [0.5, 0.6) is 5.75 Å². The van der Waals surface area contributed by atoms with Gasteiger partial charge in [0.25, 0.3) is 0 Å². The zero-order valence-corrected chi connectivity index (χ0v) is 17.5. The van der Waals surface area contributed by atoms with E-state index < -0.39 is 37.2 Å². The third-order valence-corrected chi connectivity index (χ3v) is 4.38. The average Bonchev–Trinajstić information content (AvgIpc) is 2.65. The van der Waals surface area contributed by atoms with Gasteiger partial charge < -0.3 is 29.3 Å². The highest BCUT2D eigenvalue weighted by atomic mass is 16.7. The second-order valence-electron chi connectivity index (χ2n) is 8.11. The number of ketones is 1. The summed E-state index contributed by atoms with van der Waals surface area (Å²) < 4.78 is 15.4. The van der Waals surface area contributed by atoms with Crippen molar-refractivity contribution in [3.05, 3.63) is 29.3 Å². The number of esters is 2. The average molecular weight is 419 g/mol. The van der Waals surface area contributed by atoms with E-state index in [9.17, 15) is 24.2 Å². The lowest BCUT2D eigenvalue weighted by Crippen LogP contribution is -2.53. The molecule has 0 radical (unpaired) electrons. The summed E-state index contributed by atoms with van der Waals surface area (Å²) in [6.45, 7) is 5.88. The largest absolute Gasteiger partial charge is 0.547 e. The molecule has 0 spiro atoms. The number of fused-ring (bicyclic) bond motifs is 1. The molecule has 0 fully saturated rings. The maximum absolute atomic E-state index is 12.4. The van der Waals surface area contributed by atoms with Crippen molar-refractivity contribution < 1.29 is 38.3 Å². The predicted molar refractivity (Wildman–Crippen MR) is 106 cm³/mol. The Labute approximate surface area is 175 Å². The number of nitrogens with one attached hydrogen (secondary N) is 1. The lowest BCUT2D eigenvalue weighted by Gasteiger charge is -2.29. The molecule has 1 amide bonds. The highest BCUT2D eigenvalue weighted by molar-refractivity contribution is 6.47. The molecular formula is C20H26BNO8. The lowest BCUT2D eigenvalue weighted by molar-refractivity contribution is -0.161. The monoisotopic (exact) mass is 419 g/mol. The molecule has 0 saturated heterocycles. The minimum atomic E-state index is -1.38. The molecule has 1 aromatic rings. The molecule has 2 N–H and O–H groups in total. The number of carbonyl (C=O) groups is 4. The zero-order chi connectivity index (χ0) is 22.5.